The molecule has 5 nitrogen and oxygen atoms in total. The maximum absolute atomic E-state index is 10.7. The highest BCUT2D eigenvalue weighted by Crippen LogP contribution is 2.54. The largest absolute Gasteiger partial charge is 0.493 e. The highest BCUT2D eigenvalue weighted by molar-refractivity contribution is 5.83. The predicted octanol–water partition coefficient (Wildman–Crippen LogP) is 4.71. The molecule has 152 valence electrons. The first-order chi connectivity index (χ1) is 13.9. The number of fused-ring (bicyclic) bond motifs is 4. The normalized spacial score (nSPS) is 29.0. The van der Waals surface area contributed by atoms with Gasteiger partial charge in [-0.15, -0.1) is 0 Å². The molecule has 0 radical (unpaired) electrons. The first-order valence-corrected chi connectivity index (χ1v) is 10.7. The minimum atomic E-state index is -0.567. The summed E-state index contributed by atoms with van der Waals surface area (Å²) in [6, 6.07) is 8.49. The molecule has 0 amide bonds. The van der Waals surface area contributed by atoms with Gasteiger partial charge in [-0.05, 0) is 70.1 Å². The second-order valence-corrected chi connectivity index (χ2v) is 9.16. The van der Waals surface area contributed by atoms with E-state index in [1.807, 2.05) is 43.1 Å². The molecular weight excluding hydrogens is 362 g/mol. The molecule has 3 aromatic rings. The minimum absolute atomic E-state index is 0.0671. The van der Waals surface area contributed by atoms with Gasteiger partial charge in [-0.3, -0.25) is 4.98 Å². The summed E-state index contributed by atoms with van der Waals surface area (Å²) in [5, 5.41) is 16.5. The van der Waals surface area contributed by atoms with Gasteiger partial charge in [0, 0.05) is 34.3 Å². The molecule has 0 saturated heterocycles. The van der Waals surface area contributed by atoms with Gasteiger partial charge in [0.15, 0.2) is 0 Å². The summed E-state index contributed by atoms with van der Waals surface area (Å²) in [6.07, 6.45) is 8.51. The highest BCUT2D eigenvalue weighted by Gasteiger charge is 2.49. The van der Waals surface area contributed by atoms with E-state index in [-0.39, 0.29) is 5.41 Å². The van der Waals surface area contributed by atoms with Crippen LogP contribution in [0.4, 0.5) is 0 Å². The lowest BCUT2D eigenvalue weighted by atomic mass is 9.57. The second kappa shape index (κ2) is 6.56. The molecule has 3 heterocycles. The van der Waals surface area contributed by atoms with E-state index >= 15 is 0 Å². The number of aryl methyl sites for hydroxylation is 1. The molecule has 0 bridgehead atoms. The molecule has 1 aliphatic carbocycles. The predicted molar refractivity (Wildman–Crippen MR) is 114 cm³/mol. The molecule has 2 aromatic heterocycles. The van der Waals surface area contributed by atoms with Crippen molar-refractivity contribution in [3.05, 3.63) is 47.9 Å². The smallest absolute Gasteiger partial charge is 0.125 e. The van der Waals surface area contributed by atoms with E-state index in [0.717, 1.165) is 60.1 Å². The summed E-state index contributed by atoms with van der Waals surface area (Å²) in [6.45, 7) is 6.97. The van der Waals surface area contributed by atoms with Crippen LogP contribution in [0.15, 0.2) is 36.7 Å². The number of benzene rings is 1. The molecule has 3 atom stereocenters. The molecule has 1 aliphatic heterocycles. The van der Waals surface area contributed by atoms with Crippen LogP contribution in [0, 0.1) is 12.8 Å². The van der Waals surface area contributed by atoms with Crippen molar-refractivity contribution in [2.45, 2.75) is 63.9 Å². The van der Waals surface area contributed by atoms with Crippen molar-refractivity contribution in [1.29, 1.82) is 0 Å². The van der Waals surface area contributed by atoms with Gasteiger partial charge in [-0.2, -0.15) is 5.10 Å². The second-order valence-electron chi connectivity index (χ2n) is 9.16. The molecule has 5 heteroatoms. The number of aromatic nitrogens is 3. The highest BCUT2D eigenvalue weighted by atomic mass is 16.5. The number of ether oxygens (including phenoxy) is 1. The summed E-state index contributed by atoms with van der Waals surface area (Å²) in [7, 11) is 0. The van der Waals surface area contributed by atoms with Crippen LogP contribution in [0.3, 0.4) is 0 Å². The fourth-order valence-electron chi connectivity index (χ4n) is 5.66. The van der Waals surface area contributed by atoms with Crippen molar-refractivity contribution < 1.29 is 9.84 Å². The molecule has 1 fully saturated rings. The van der Waals surface area contributed by atoms with E-state index in [9.17, 15) is 5.11 Å². The maximum Gasteiger partial charge on any atom is 0.125 e. The Morgan fingerprint density at radius 2 is 2.14 bits per heavy atom. The van der Waals surface area contributed by atoms with Gasteiger partial charge in [-0.1, -0.05) is 6.92 Å². The van der Waals surface area contributed by atoms with Crippen molar-refractivity contribution in [2.75, 3.05) is 6.61 Å². The number of nitrogens with zero attached hydrogens (tertiary/aromatic N) is 3. The van der Waals surface area contributed by atoms with Crippen LogP contribution >= 0.6 is 0 Å². The number of pyridine rings is 1. The van der Waals surface area contributed by atoms with Crippen molar-refractivity contribution in [3.8, 4) is 11.4 Å². The fraction of sp³-hybridized carbons (Fsp3) is 0.500. The van der Waals surface area contributed by atoms with E-state index in [0.29, 0.717) is 12.5 Å². The van der Waals surface area contributed by atoms with Crippen LogP contribution in [-0.2, 0) is 5.41 Å². The molecule has 1 saturated carbocycles. The van der Waals surface area contributed by atoms with Gasteiger partial charge in [0.05, 0.1) is 29.6 Å². The molecule has 1 N–H and O–H groups in total. The SMILES string of the molecule is CC[C@@]12CC[C@@](C)(O)C[C@@H]1CCOc1cc3c(cnn3-c3ccnc(C)c3)cc12. The van der Waals surface area contributed by atoms with Crippen molar-refractivity contribution in [2.24, 2.45) is 5.92 Å². The van der Waals surface area contributed by atoms with Gasteiger partial charge in [-0.25, -0.2) is 4.68 Å². The lowest BCUT2D eigenvalue weighted by Crippen LogP contribution is -2.46. The summed E-state index contributed by atoms with van der Waals surface area (Å²) in [5.41, 5.74) is 3.84. The van der Waals surface area contributed by atoms with E-state index in [2.05, 4.69) is 29.1 Å². The Morgan fingerprint density at radius 3 is 2.93 bits per heavy atom. The average Bonchev–Trinajstić information content (AvgIpc) is 3.04. The monoisotopic (exact) mass is 391 g/mol. The molecule has 1 aromatic carbocycles. The van der Waals surface area contributed by atoms with Crippen LogP contribution < -0.4 is 4.74 Å². The Morgan fingerprint density at radius 1 is 1.28 bits per heavy atom. The van der Waals surface area contributed by atoms with Crippen LogP contribution in [0.25, 0.3) is 16.6 Å². The Hall–Kier alpha value is -2.40. The number of rotatable bonds is 2. The van der Waals surface area contributed by atoms with Gasteiger partial charge < -0.3 is 9.84 Å². The van der Waals surface area contributed by atoms with Gasteiger partial charge in [0.1, 0.15) is 5.75 Å². The van der Waals surface area contributed by atoms with Crippen LogP contribution in [0.2, 0.25) is 0 Å². The summed E-state index contributed by atoms with van der Waals surface area (Å²) in [5.74, 6) is 1.42. The quantitative estimate of drug-likeness (QED) is 0.687. The zero-order valence-electron chi connectivity index (χ0n) is 17.5. The first-order valence-electron chi connectivity index (χ1n) is 10.7. The van der Waals surface area contributed by atoms with Crippen molar-refractivity contribution in [1.82, 2.24) is 14.8 Å². The van der Waals surface area contributed by atoms with Gasteiger partial charge >= 0.3 is 0 Å². The third kappa shape index (κ3) is 2.94. The number of hydrogen-bond donors (Lipinski definition) is 1. The minimum Gasteiger partial charge on any atom is -0.493 e. The van der Waals surface area contributed by atoms with E-state index in [1.165, 1.54) is 5.56 Å². The Labute approximate surface area is 171 Å². The van der Waals surface area contributed by atoms with E-state index in [4.69, 9.17) is 4.74 Å². The summed E-state index contributed by atoms with van der Waals surface area (Å²) in [4.78, 5) is 4.30. The lowest BCUT2D eigenvalue weighted by Gasteiger charge is -2.48. The van der Waals surface area contributed by atoms with Crippen LogP contribution in [-0.4, -0.2) is 32.1 Å². The lowest BCUT2D eigenvalue weighted by molar-refractivity contribution is -0.0341. The van der Waals surface area contributed by atoms with Gasteiger partial charge in [0.25, 0.3) is 0 Å². The Bertz CT molecular complexity index is 1070. The fourth-order valence-corrected chi connectivity index (χ4v) is 5.66. The zero-order chi connectivity index (χ0) is 20.2. The molecule has 5 rings (SSSR count). The van der Waals surface area contributed by atoms with Crippen LogP contribution in [0.5, 0.6) is 5.75 Å². The Kier molecular flexibility index (Phi) is 4.21. The van der Waals surface area contributed by atoms with Crippen molar-refractivity contribution >= 4 is 10.9 Å². The molecule has 0 unspecified atom stereocenters. The van der Waals surface area contributed by atoms with Crippen molar-refractivity contribution in [3.63, 3.8) is 0 Å². The number of hydrogen-bond acceptors (Lipinski definition) is 4. The molecule has 0 spiro atoms. The van der Waals surface area contributed by atoms with Crippen LogP contribution in [0.1, 0.15) is 57.2 Å². The van der Waals surface area contributed by atoms with E-state index < -0.39 is 5.60 Å². The number of aliphatic hydroxyl groups is 1. The third-order valence-corrected chi connectivity index (χ3v) is 7.26. The third-order valence-electron chi connectivity index (χ3n) is 7.26. The van der Waals surface area contributed by atoms with Gasteiger partial charge in [0.2, 0.25) is 0 Å². The summed E-state index contributed by atoms with van der Waals surface area (Å²) < 4.78 is 8.26. The first kappa shape index (κ1) is 18.6. The molecule has 29 heavy (non-hydrogen) atoms. The average molecular weight is 392 g/mol. The maximum atomic E-state index is 10.7. The molecule has 2 aliphatic rings. The van der Waals surface area contributed by atoms with E-state index in [1.54, 1.807) is 0 Å². The zero-order valence-corrected chi connectivity index (χ0v) is 17.5. The topological polar surface area (TPSA) is 60.2 Å². The summed E-state index contributed by atoms with van der Waals surface area (Å²) >= 11 is 0. The Balaban J connectivity index is 1.67. The standard InChI is InChI=1S/C24H29N3O2/c1-4-24-8-7-23(3,28)14-18(24)6-10-29-22-13-21-17(12-20(22)24)15-26-27(21)19-5-9-25-16(2)11-19/h5,9,11-13,15,18,28H,4,6-8,10,14H2,1-3H3/t18-,23+,24+/m0/s1. The molecular formula is C24H29N3O2.